The van der Waals surface area contributed by atoms with Crippen LogP contribution >= 0.6 is 23.4 Å². The highest BCUT2D eigenvalue weighted by atomic mass is 35.5. The maximum absolute atomic E-state index is 6.07. The summed E-state index contributed by atoms with van der Waals surface area (Å²) in [5.74, 6) is 1.60. The smallest absolute Gasteiger partial charge is 0.277 e. The molecule has 0 saturated heterocycles. The second-order valence-corrected chi connectivity index (χ2v) is 7.42. The summed E-state index contributed by atoms with van der Waals surface area (Å²) in [6.07, 6.45) is 0. The van der Waals surface area contributed by atoms with E-state index >= 15 is 0 Å². The quantitative estimate of drug-likeness (QED) is 0.417. The van der Waals surface area contributed by atoms with Crippen LogP contribution in [0.4, 0.5) is 0 Å². The predicted octanol–water partition coefficient (Wildman–Crippen LogP) is 4.13. The van der Waals surface area contributed by atoms with Gasteiger partial charge >= 0.3 is 0 Å². The first-order valence-corrected chi connectivity index (χ1v) is 9.66. The number of hydrogen-bond acceptors (Lipinski definition) is 8. The lowest BCUT2D eigenvalue weighted by molar-refractivity contribution is 0.252. The van der Waals surface area contributed by atoms with Crippen LogP contribution in [0, 0.1) is 0 Å². The maximum Gasteiger partial charge on any atom is 0.277 e. The maximum atomic E-state index is 6.07. The van der Waals surface area contributed by atoms with Gasteiger partial charge in [-0.3, -0.25) is 0 Å². The number of thioether (sulfide) groups is 1. The van der Waals surface area contributed by atoms with Crippen molar-refractivity contribution in [2.75, 3.05) is 0 Å². The summed E-state index contributed by atoms with van der Waals surface area (Å²) in [4.78, 5) is 0. The van der Waals surface area contributed by atoms with Gasteiger partial charge in [0.25, 0.3) is 11.1 Å². The van der Waals surface area contributed by atoms with Crippen LogP contribution in [0.2, 0.25) is 5.02 Å². The van der Waals surface area contributed by atoms with Crippen molar-refractivity contribution in [3.8, 4) is 11.4 Å². The van der Waals surface area contributed by atoms with E-state index in [1.54, 1.807) is 16.8 Å². The Bertz CT molecular complexity index is 1050. The summed E-state index contributed by atoms with van der Waals surface area (Å²) in [7, 11) is 0. The zero-order valence-corrected chi connectivity index (χ0v) is 16.3. The minimum atomic E-state index is -0.104. The molecule has 0 bridgehead atoms. The molecule has 0 spiro atoms. The van der Waals surface area contributed by atoms with Crippen molar-refractivity contribution in [1.29, 1.82) is 0 Å². The summed E-state index contributed by atoms with van der Waals surface area (Å²) in [6, 6.07) is 16.9. The lowest BCUT2D eigenvalue weighted by Gasteiger charge is -2.08. The fourth-order valence-corrected chi connectivity index (χ4v) is 3.43. The Kier molecular flexibility index (Phi) is 5.54. The van der Waals surface area contributed by atoms with Gasteiger partial charge in [-0.1, -0.05) is 53.7 Å². The molecule has 8 nitrogen and oxygen atoms in total. The standard InChI is InChI=1S/C18H15ClN6O2S/c1-12(17-21-23-24-25(17)13-7-3-2-4-8-13)28-18-22-20-16(27-18)11-26-15-10-6-5-9-14(15)19/h2-10,12H,11H2,1H3. The number of tetrazole rings is 1. The Morgan fingerprint density at radius 3 is 2.68 bits per heavy atom. The van der Waals surface area contributed by atoms with E-state index in [1.165, 1.54) is 11.8 Å². The molecular weight excluding hydrogens is 400 g/mol. The summed E-state index contributed by atoms with van der Waals surface area (Å²) in [5, 5.41) is 20.9. The third kappa shape index (κ3) is 4.15. The number of halogens is 1. The minimum Gasteiger partial charge on any atom is -0.482 e. The van der Waals surface area contributed by atoms with Gasteiger partial charge < -0.3 is 9.15 Å². The SMILES string of the molecule is CC(Sc1nnc(COc2ccccc2Cl)o1)c1nnnn1-c1ccccc1. The van der Waals surface area contributed by atoms with Crippen molar-refractivity contribution in [3.63, 3.8) is 0 Å². The van der Waals surface area contributed by atoms with Gasteiger partial charge in [-0.05, 0) is 41.6 Å². The van der Waals surface area contributed by atoms with Crippen LogP contribution < -0.4 is 4.74 Å². The number of para-hydroxylation sites is 2. The van der Waals surface area contributed by atoms with Gasteiger partial charge in [0.05, 0.1) is 16.0 Å². The van der Waals surface area contributed by atoms with Crippen molar-refractivity contribution in [2.45, 2.75) is 24.0 Å². The Morgan fingerprint density at radius 1 is 1.07 bits per heavy atom. The Hall–Kier alpha value is -2.91. The molecule has 0 N–H and O–H groups in total. The van der Waals surface area contributed by atoms with Gasteiger partial charge in [-0.2, -0.15) is 4.68 Å². The van der Waals surface area contributed by atoms with Crippen LogP contribution in [-0.2, 0) is 6.61 Å². The lowest BCUT2D eigenvalue weighted by atomic mass is 10.3. The average molecular weight is 415 g/mol. The molecule has 0 radical (unpaired) electrons. The fourth-order valence-electron chi connectivity index (χ4n) is 2.45. The lowest BCUT2D eigenvalue weighted by Crippen LogP contribution is -2.04. The molecule has 0 aliphatic rings. The Morgan fingerprint density at radius 2 is 1.86 bits per heavy atom. The molecule has 2 aromatic carbocycles. The van der Waals surface area contributed by atoms with Gasteiger partial charge in [0, 0.05) is 0 Å². The highest BCUT2D eigenvalue weighted by Gasteiger charge is 2.20. The topological polar surface area (TPSA) is 91.8 Å². The second-order valence-electron chi connectivity index (χ2n) is 5.73. The molecule has 0 aliphatic carbocycles. The number of hydrogen-bond donors (Lipinski definition) is 0. The zero-order valence-electron chi connectivity index (χ0n) is 14.8. The highest BCUT2D eigenvalue weighted by Crippen LogP contribution is 2.33. The summed E-state index contributed by atoms with van der Waals surface area (Å²) >= 11 is 7.44. The summed E-state index contributed by atoms with van der Waals surface area (Å²) in [5.41, 5.74) is 0.884. The molecule has 10 heteroatoms. The van der Waals surface area contributed by atoms with Gasteiger partial charge in [-0.25, -0.2) is 0 Å². The largest absolute Gasteiger partial charge is 0.482 e. The van der Waals surface area contributed by atoms with E-state index in [0.717, 1.165) is 5.69 Å². The molecule has 0 fully saturated rings. The van der Waals surface area contributed by atoms with Crippen molar-refractivity contribution in [2.24, 2.45) is 0 Å². The molecular formula is C18H15ClN6O2S. The molecule has 1 unspecified atom stereocenters. The number of aromatic nitrogens is 6. The van der Waals surface area contributed by atoms with Crippen LogP contribution in [0.15, 0.2) is 64.2 Å². The average Bonchev–Trinajstić information content (AvgIpc) is 3.37. The van der Waals surface area contributed by atoms with Crippen LogP contribution in [-0.4, -0.2) is 30.4 Å². The number of benzene rings is 2. The molecule has 0 amide bonds. The van der Waals surface area contributed by atoms with Crippen molar-refractivity contribution < 1.29 is 9.15 Å². The van der Waals surface area contributed by atoms with E-state index in [0.29, 0.717) is 27.7 Å². The summed E-state index contributed by atoms with van der Waals surface area (Å²) < 4.78 is 13.0. The molecule has 2 aromatic heterocycles. The fraction of sp³-hybridized carbons (Fsp3) is 0.167. The van der Waals surface area contributed by atoms with Crippen LogP contribution in [0.3, 0.4) is 0 Å². The van der Waals surface area contributed by atoms with Gasteiger partial charge in [0.15, 0.2) is 12.4 Å². The van der Waals surface area contributed by atoms with E-state index in [1.807, 2.05) is 49.4 Å². The third-order valence-corrected chi connectivity index (χ3v) is 5.01. The van der Waals surface area contributed by atoms with E-state index in [-0.39, 0.29) is 11.9 Å². The van der Waals surface area contributed by atoms with E-state index in [2.05, 4.69) is 25.7 Å². The van der Waals surface area contributed by atoms with Gasteiger partial charge in [0.1, 0.15) is 5.75 Å². The first-order valence-electron chi connectivity index (χ1n) is 8.41. The van der Waals surface area contributed by atoms with Crippen molar-refractivity contribution in [1.82, 2.24) is 30.4 Å². The van der Waals surface area contributed by atoms with Gasteiger partial charge in [0.2, 0.25) is 0 Å². The second kappa shape index (κ2) is 8.41. The molecule has 4 aromatic rings. The normalized spacial score (nSPS) is 12.1. The number of rotatable bonds is 7. The molecule has 142 valence electrons. The van der Waals surface area contributed by atoms with E-state index in [4.69, 9.17) is 20.8 Å². The van der Waals surface area contributed by atoms with Crippen LogP contribution in [0.1, 0.15) is 23.9 Å². The monoisotopic (exact) mass is 414 g/mol. The Balaban J connectivity index is 1.42. The third-order valence-electron chi connectivity index (χ3n) is 3.77. The molecule has 2 heterocycles. The van der Waals surface area contributed by atoms with E-state index in [9.17, 15) is 0 Å². The molecule has 28 heavy (non-hydrogen) atoms. The van der Waals surface area contributed by atoms with Crippen molar-refractivity contribution >= 4 is 23.4 Å². The molecule has 0 aliphatic heterocycles. The van der Waals surface area contributed by atoms with Gasteiger partial charge in [-0.15, -0.1) is 15.3 Å². The van der Waals surface area contributed by atoms with Crippen molar-refractivity contribution in [3.05, 3.63) is 71.3 Å². The minimum absolute atomic E-state index is 0.104. The molecule has 1 atom stereocenters. The number of ether oxygens (including phenoxy) is 1. The van der Waals surface area contributed by atoms with Crippen LogP contribution in [0.5, 0.6) is 5.75 Å². The first-order chi connectivity index (χ1) is 13.7. The summed E-state index contributed by atoms with van der Waals surface area (Å²) in [6.45, 7) is 2.10. The number of nitrogens with zero attached hydrogens (tertiary/aromatic N) is 6. The molecule has 4 rings (SSSR count). The first kappa shape index (κ1) is 18.5. The Labute approximate surface area is 169 Å². The van der Waals surface area contributed by atoms with E-state index < -0.39 is 0 Å². The highest BCUT2D eigenvalue weighted by molar-refractivity contribution is 7.99. The zero-order chi connectivity index (χ0) is 19.3. The predicted molar refractivity (Wildman–Crippen MR) is 104 cm³/mol. The molecule has 0 saturated carbocycles. The van der Waals surface area contributed by atoms with Crippen LogP contribution in [0.25, 0.3) is 5.69 Å².